The lowest BCUT2D eigenvalue weighted by molar-refractivity contribution is 0.654. The Morgan fingerprint density at radius 2 is 1.88 bits per heavy atom. The van der Waals surface area contributed by atoms with Crippen LogP contribution in [0, 0.1) is 6.92 Å². The number of thiophene rings is 1. The minimum atomic E-state index is 0.385. The van der Waals surface area contributed by atoms with Gasteiger partial charge in [-0.25, -0.2) is 0 Å². The van der Waals surface area contributed by atoms with Gasteiger partial charge in [0.1, 0.15) is 0 Å². The fourth-order valence-electron chi connectivity index (χ4n) is 1.94. The van der Waals surface area contributed by atoms with E-state index in [0.717, 1.165) is 0 Å². The average molecular weight is 231 g/mol. The molecule has 1 aromatic heterocycles. The Morgan fingerprint density at radius 1 is 1.12 bits per heavy atom. The summed E-state index contributed by atoms with van der Waals surface area (Å²) in [6, 6.07) is 11.2. The second-order valence-corrected chi connectivity index (χ2v) is 5.11. The molecule has 0 aliphatic carbocycles. The molecule has 0 amide bonds. The Kier molecular flexibility index (Phi) is 3.42. The highest BCUT2D eigenvalue weighted by Crippen LogP contribution is 2.32. The lowest BCUT2D eigenvalue weighted by Gasteiger charge is -2.15. The average Bonchev–Trinajstić information content (AvgIpc) is 2.74. The van der Waals surface area contributed by atoms with Crippen LogP contribution in [0.3, 0.4) is 0 Å². The van der Waals surface area contributed by atoms with Crippen molar-refractivity contribution in [1.82, 2.24) is 5.32 Å². The molecule has 0 spiro atoms. The van der Waals surface area contributed by atoms with E-state index in [9.17, 15) is 0 Å². The Morgan fingerprint density at radius 3 is 2.50 bits per heavy atom. The third-order valence-electron chi connectivity index (χ3n) is 3.01. The van der Waals surface area contributed by atoms with Crippen LogP contribution in [0.15, 0.2) is 35.7 Å². The normalized spacial score (nSPS) is 12.7. The molecule has 0 fully saturated rings. The summed E-state index contributed by atoms with van der Waals surface area (Å²) in [5.41, 5.74) is 4.08. The molecule has 2 heteroatoms. The van der Waals surface area contributed by atoms with E-state index in [0.29, 0.717) is 6.04 Å². The van der Waals surface area contributed by atoms with E-state index in [1.165, 1.54) is 21.6 Å². The molecule has 0 bridgehead atoms. The van der Waals surface area contributed by atoms with Crippen molar-refractivity contribution in [2.24, 2.45) is 0 Å². The first-order chi connectivity index (χ1) is 7.74. The van der Waals surface area contributed by atoms with E-state index < -0.39 is 0 Å². The van der Waals surface area contributed by atoms with Crippen molar-refractivity contribution in [3.8, 4) is 11.1 Å². The predicted octanol–water partition coefficient (Wildman–Crippen LogP) is 4.00. The van der Waals surface area contributed by atoms with Crippen LogP contribution >= 0.6 is 11.3 Å². The summed E-state index contributed by atoms with van der Waals surface area (Å²) in [6.07, 6.45) is 0. The molecule has 16 heavy (non-hydrogen) atoms. The van der Waals surface area contributed by atoms with Crippen molar-refractivity contribution in [2.45, 2.75) is 19.9 Å². The predicted molar refractivity (Wildman–Crippen MR) is 72.0 cm³/mol. The van der Waals surface area contributed by atoms with E-state index >= 15 is 0 Å². The molecule has 0 saturated heterocycles. The molecule has 0 radical (unpaired) electrons. The first-order valence-electron chi connectivity index (χ1n) is 5.54. The molecular formula is C14H17NS. The van der Waals surface area contributed by atoms with Crippen LogP contribution in [0.25, 0.3) is 11.1 Å². The van der Waals surface area contributed by atoms with Gasteiger partial charge < -0.3 is 5.32 Å². The van der Waals surface area contributed by atoms with Crippen molar-refractivity contribution in [1.29, 1.82) is 0 Å². The topological polar surface area (TPSA) is 12.0 Å². The van der Waals surface area contributed by atoms with Crippen molar-refractivity contribution in [2.75, 3.05) is 7.05 Å². The highest BCUT2D eigenvalue weighted by atomic mass is 32.1. The number of hydrogen-bond acceptors (Lipinski definition) is 2. The molecule has 0 aliphatic heterocycles. The second kappa shape index (κ2) is 4.81. The van der Waals surface area contributed by atoms with Gasteiger partial charge in [0.15, 0.2) is 0 Å². The molecule has 84 valence electrons. The first-order valence-corrected chi connectivity index (χ1v) is 6.42. The maximum Gasteiger partial charge on any atom is 0.0295 e. The van der Waals surface area contributed by atoms with Crippen LogP contribution in [0.2, 0.25) is 0 Å². The van der Waals surface area contributed by atoms with Gasteiger partial charge in [0.05, 0.1) is 0 Å². The van der Waals surface area contributed by atoms with Crippen molar-refractivity contribution in [3.63, 3.8) is 0 Å². The zero-order valence-electron chi connectivity index (χ0n) is 9.95. The smallest absolute Gasteiger partial charge is 0.0295 e. The van der Waals surface area contributed by atoms with Crippen LogP contribution in [-0.2, 0) is 0 Å². The monoisotopic (exact) mass is 231 g/mol. The molecule has 0 saturated carbocycles. The molecule has 1 aromatic carbocycles. The molecule has 1 nitrogen and oxygen atoms in total. The van der Waals surface area contributed by atoms with E-state index in [-0.39, 0.29) is 0 Å². The molecule has 1 heterocycles. The van der Waals surface area contributed by atoms with Crippen molar-refractivity contribution >= 4 is 11.3 Å². The van der Waals surface area contributed by atoms with Gasteiger partial charge >= 0.3 is 0 Å². The van der Waals surface area contributed by atoms with Gasteiger partial charge in [0.25, 0.3) is 0 Å². The third kappa shape index (κ3) is 2.04. The summed E-state index contributed by atoms with van der Waals surface area (Å²) in [5.74, 6) is 0. The highest BCUT2D eigenvalue weighted by molar-refractivity contribution is 7.10. The number of rotatable bonds is 3. The van der Waals surface area contributed by atoms with Crippen LogP contribution in [0.4, 0.5) is 0 Å². The molecule has 0 aliphatic rings. The first kappa shape index (κ1) is 11.4. The summed E-state index contributed by atoms with van der Waals surface area (Å²) in [6.45, 7) is 4.38. The Hall–Kier alpha value is -1.12. The number of aryl methyl sites for hydroxylation is 1. The van der Waals surface area contributed by atoms with Crippen molar-refractivity contribution in [3.05, 3.63) is 46.2 Å². The Labute approximate surface area is 101 Å². The van der Waals surface area contributed by atoms with Crippen molar-refractivity contribution < 1.29 is 0 Å². The Bertz CT molecular complexity index is 473. The minimum absolute atomic E-state index is 0.385. The van der Waals surface area contributed by atoms with Gasteiger partial charge in [-0.15, -0.1) is 11.3 Å². The lowest BCUT2D eigenvalue weighted by atomic mass is 9.96. The maximum atomic E-state index is 3.31. The summed E-state index contributed by atoms with van der Waals surface area (Å²) in [4.78, 5) is 1.38. The molecule has 1 N–H and O–H groups in total. The summed E-state index contributed by atoms with van der Waals surface area (Å²) in [7, 11) is 2.00. The van der Waals surface area contributed by atoms with Gasteiger partial charge in [-0.1, -0.05) is 24.3 Å². The minimum Gasteiger partial charge on any atom is -0.313 e. The molecule has 2 aromatic rings. The summed E-state index contributed by atoms with van der Waals surface area (Å²) in [5, 5.41) is 5.46. The lowest BCUT2D eigenvalue weighted by Crippen LogP contribution is -2.13. The highest BCUT2D eigenvalue weighted by Gasteiger charge is 2.11. The van der Waals surface area contributed by atoms with Crippen LogP contribution in [-0.4, -0.2) is 7.05 Å². The third-order valence-corrected chi connectivity index (χ3v) is 3.85. The second-order valence-electron chi connectivity index (χ2n) is 3.99. The van der Waals surface area contributed by atoms with E-state index in [1.54, 1.807) is 11.3 Å². The van der Waals surface area contributed by atoms with E-state index in [2.05, 4.69) is 54.9 Å². The fraction of sp³-hybridized carbons (Fsp3) is 0.286. The standard InChI is InChI=1S/C14H17NS/c1-10(15-3)12-6-4-5-7-14(12)13-8-9-16-11(13)2/h4-10,15H,1-3H3. The van der Waals surface area contributed by atoms with E-state index in [4.69, 9.17) is 0 Å². The SMILES string of the molecule is CNC(C)c1ccccc1-c1ccsc1C. The zero-order chi connectivity index (χ0) is 11.5. The largest absolute Gasteiger partial charge is 0.313 e. The van der Waals surface area contributed by atoms with Gasteiger partial charge in [0, 0.05) is 10.9 Å². The van der Waals surface area contributed by atoms with Gasteiger partial charge in [-0.3, -0.25) is 0 Å². The maximum absolute atomic E-state index is 3.31. The molecule has 1 unspecified atom stereocenters. The summed E-state index contributed by atoms with van der Waals surface area (Å²) >= 11 is 1.81. The van der Waals surface area contributed by atoms with Gasteiger partial charge in [0.2, 0.25) is 0 Å². The van der Waals surface area contributed by atoms with Crippen LogP contribution in [0.1, 0.15) is 23.4 Å². The van der Waals surface area contributed by atoms with Gasteiger partial charge in [-0.05, 0) is 49.0 Å². The Balaban J connectivity index is 2.53. The van der Waals surface area contributed by atoms with E-state index in [1.807, 2.05) is 7.05 Å². The molecule has 2 rings (SSSR count). The fourth-order valence-corrected chi connectivity index (χ4v) is 2.65. The van der Waals surface area contributed by atoms with Crippen LogP contribution < -0.4 is 5.32 Å². The zero-order valence-corrected chi connectivity index (χ0v) is 10.8. The number of hydrogen-bond donors (Lipinski definition) is 1. The quantitative estimate of drug-likeness (QED) is 0.841. The van der Waals surface area contributed by atoms with Crippen LogP contribution in [0.5, 0.6) is 0 Å². The number of benzene rings is 1. The van der Waals surface area contributed by atoms with Gasteiger partial charge in [-0.2, -0.15) is 0 Å². The summed E-state index contributed by atoms with van der Waals surface area (Å²) < 4.78 is 0. The number of nitrogens with one attached hydrogen (secondary N) is 1. The molecular weight excluding hydrogens is 214 g/mol. The molecule has 1 atom stereocenters.